The molecule has 1 amide bonds. The van der Waals surface area contributed by atoms with Crippen molar-refractivity contribution in [2.24, 2.45) is 0 Å². The highest BCUT2D eigenvalue weighted by molar-refractivity contribution is 7.21. The summed E-state index contributed by atoms with van der Waals surface area (Å²) >= 11 is 13.2. The standard InChI is InChI=1S/C14H9Cl2N3O3S/c1-22-14(21)12-10(16)7-3-2-6(4-9(7)23-12)18-13(20)11-8(15)5-17-19-11/h2-5H,1H3,(H,17,19)(H,18,20). The molecule has 6 nitrogen and oxygen atoms in total. The van der Waals surface area contributed by atoms with E-state index in [1.807, 2.05) is 0 Å². The zero-order chi connectivity index (χ0) is 16.6. The van der Waals surface area contributed by atoms with E-state index in [0.717, 1.165) is 10.1 Å². The van der Waals surface area contributed by atoms with Crippen LogP contribution in [0.1, 0.15) is 20.2 Å². The first-order chi connectivity index (χ1) is 11.0. The van der Waals surface area contributed by atoms with Crippen molar-refractivity contribution in [3.05, 3.63) is 45.0 Å². The molecule has 0 aliphatic heterocycles. The maximum absolute atomic E-state index is 12.1. The van der Waals surface area contributed by atoms with Crippen LogP contribution in [0.3, 0.4) is 0 Å². The zero-order valence-corrected chi connectivity index (χ0v) is 14.0. The SMILES string of the molecule is COC(=O)c1sc2cc(NC(=O)c3[nH]ncc3Cl)ccc2c1Cl. The molecule has 3 aromatic rings. The van der Waals surface area contributed by atoms with Gasteiger partial charge in [-0.2, -0.15) is 5.10 Å². The number of anilines is 1. The number of methoxy groups -OCH3 is 1. The number of nitrogens with zero attached hydrogens (tertiary/aromatic N) is 1. The van der Waals surface area contributed by atoms with Crippen molar-refractivity contribution in [3.63, 3.8) is 0 Å². The fraction of sp³-hybridized carbons (Fsp3) is 0.0714. The van der Waals surface area contributed by atoms with Crippen LogP contribution in [-0.4, -0.2) is 29.2 Å². The Morgan fingerprint density at radius 2 is 2.13 bits per heavy atom. The first kappa shape index (κ1) is 15.8. The minimum absolute atomic E-state index is 0.172. The third-order valence-corrected chi connectivity index (χ3v) is 5.00. The number of carbonyl (C=O) groups is 2. The number of hydrogen-bond donors (Lipinski definition) is 2. The van der Waals surface area contributed by atoms with Crippen molar-refractivity contribution in [2.45, 2.75) is 0 Å². The Labute approximate surface area is 144 Å². The molecule has 2 heterocycles. The number of ether oxygens (including phenoxy) is 1. The maximum Gasteiger partial charge on any atom is 0.349 e. The number of nitrogens with one attached hydrogen (secondary N) is 2. The smallest absolute Gasteiger partial charge is 0.349 e. The van der Waals surface area contributed by atoms with E-state index in [4.69, 9.17) is 27.9 Å². The van der Waals surface area contributed by atoms with Crippen LogP contribution in [-0.2, 0) is 4.74 Å². The van der Waals surface area contributed by atoms with Gasteiger partial charge < -0.3 is 10.1 Å². The van der Waals surface area contributed by atoms with Crippen molar-refractivity contribution in [1.29, 1.82) is 0 Å². The number of halogens is 2. The van der Waals surface area contributed by atoms with Crippen LogP contribution in [0.4, 0.5) is 5.69 Å². The Bertz CT molecular complexity index is 919. The summed E-state index contributed by atoms with van der Waals surface area (Å²) in [4.78, 5) is 24.1. The van der Waals surface area contributed by atoms with E-state index < -0.39 is 11.9 Å². The Balaban J connectivity index is 1.93. The molecule has 23 heavy (non-hydrogen) atoms. The van der Waals surface area contributed by atoms with E-state index in [9.17, 15) is 9.59 Å². The monoisotopic (exact) mass is 369 g/mol. The number of carbonyl (C=O) groups excluding carboxylic acids is 2. The first-order valence-electron chi connectivity index (χ1n) is 6.32. The topological polar surface area (TPSA) is 84.1 Å². The number of esters is 1. The van der Waals surface area contributed by atoms with Gasteiger partial charge >= 0.3 is 5.97 Å². The minimum atomic E-state index is -0.494. The molecule has 2 N–H and O–H groups in total. The minimum Gasteiger partial charge on any atom is -0.465 e. The van der Waals surface area contributed by atoms with E-state index in [-0.39, 0.29) is 10.7 Å². The fourth-order valence-corrected chi connectivity index (χ4v) is 3.63. The summed E-state index contributed by atoms with van der Waals surface area (Å²) in [6.07, 6.45) is 1.35. The van der Waals surface area contributed by atoms with Crippen LogP contribution >= 0.6 is 34.5 Å². The van der Waals surface area contributed by atoms with Crippen molar-refractivity contribution in [2.75, 3.05) is 12.4 Å². The molecule has 3 rings (SSSR count). The first-order valence-corrected chi connectivity index (χ1v) is 7.89. The second-order valence-corrected chi connectivity index (χ2v) is 6.33. The van der Waals surface area contributed by atoms with Crippen molar-refractivity contribution in [1.82, 2.24) is 10.2 Å². The van der Waals surface area contributed by atoms with Gasteiger partial charge in [-0.05, 0) is 18.2 Å². The third-order valence-electron chi connectivity index (χ3n) is 3.08. The summed E-state index contributed by atoms with van der Waals surface area (Å²) in [5.41, 5.74) is 0.716. The lowest BCUT2D eigenvalue weighted by molar-refractivity contribution is 0.0606. The molecule has 0 atom stereocenters. The molecular formula is C14H9Cl2N3O3S. The second-order valence-electron chi connectivity index (χ2n) is 4.49. The molecule has 9 heteroatoms. The quantitative estimate of drug-likeness (QED) is 0.684. The number of aromatic nitrogens is 2. The molecule has 0 aliphatic rings. The number of hydrogen-bond acceptors (Lipinski definition) is 5. The van der Waals surface area contributed by atoms with Crippen molar-refractivity contribution < 1.29 is 14.3 Å². The lowest BCUT2D eigenvalue weighted by atomic mass is 10.2. The van der Waals surface area contributed by atoms with Gasteiger partial charge in [0.25, 0.3) is 5.91 Å². The van der Waals surface area contributed by atoms with Gasteiger partial charge in [0.15, 0.2) is 0 Å². The van der Waals surface area contributed by atoms with Gasteiger partial charge in [-0.25, -0.2) is 4.79 Å². The summed E-state index contributed by atoms with van der Waals surface area (Å²) < 4.78 is 5.45. The van der Waals surface area contributed by atoms with Gasteiger partial charge in [0.2, 0.25) is 0 Å². The Hall–Kier alpha value is -2.09. The van der Waals surface area contributed by atoms with Crippen LogP contribution in [0.5, 0.6) is 0 Å². The number of rotatable bonds is 3. The summed E-state index contributed by atoms with van der Waals surface area (Å²) in [5.74, 6) is -0.909. The van der Waals surface area contributed by atoms with E-state index in [2.05, 4.69) is 15.5 Å². The predicted molar refractivity (Wildman–Crippen MR) is 89.7 cm³/mol. The van der Waals surface area contributed by atoms with Gasteiger partial charge in [-0.3, -0.25) is 9.89 Å². The maximum atomic E-state index is 12.1. The molecule has 0 spiro atoms. The molecular weight excluding hydrogens is 361 g/mol. The van der Waals surface area contributed by atoms with Crippen LogP contribution in [0, 0.1) is 0 Å². The second kappa shape index (κ2) is 6.19. The lowest BCUT2D eigenvalue weighted by Gasteiger charge is -2.04. The van der Waals surface area contributed by atoms with Crippen LogP contribution in [0.2, 0.25) is 10.0 Å². The summed E-state index contributed by atoms with van der Waals surface area (Å²) in [6, 6.07) is 5.13. The highest BCUT2D eigenvalue weighted by atomic mass is 35.5. The molecule has 0 bridgehead atoms. The lowest BCUT2D eigenvalue weighted by Crippen LogP contribution is -2.12. The number of aromatic amines is 1. The van der Waals surface area contributed by atoms with Crippen LogP contribution < -0.4 is 5.32 Å². The number of fused-ring (bicyclic) bond motifs is 1. The molecule has 0 radical (unpaired) electrons. The van der Waals surface area contributed by atoms with E-state index in [1.165, 1.54) is 24.6 Å². The average Bonchev–Trinajstić information content (AvgIpc) is 3.10. The number of H-pyrrole nitrogens is 1. The molecule has 1 aromatic carbocycles. The summed E-state index contributed by atoms with van der Waals surface area (Å²) in [7, 11) is 1.29. The van der Waals surface area contributed by atoms with Gasteiger partial charge in [-0.1, -0.05) is 23.2 Å². The zero-order valence-electron chi connectivity index (χ0n) is 11.6. The van der Waals surface area contributed by atoms with Gasteiger partial charge in [0.1, 0.15) is 10.6 Å². The molecule has 2 aromatic heterocycles. The largest absolute Gasteiger partial charge is 0.465 e. The van der Waals surface area contributed by atoms with Gasteiger partial charge in [0, 0.05) is 15.8 Å². The normalized spacial score (nSPS) is 10.7. The molecule has 0 aliphatic carbocycles. The fourth-order valence-electron chi connectivity index (χ4n) is 1.99. The molecule has 0 fully saturated rings. The predicted octanol–water partition coefficient (Wildman–Crippen LogP) is 3.97. The van der Waals surface area contributed by atoms with Crippen LogP contribution in [0.25, 0.3) is 10.1 Å². The van der Waals surface area contributed by atoms with E-state index >= 15 is 0 Å². The summed E-state index contributed by atoms with van der Waals surface area (Å²) in [5, 5.41) is 10.2. The molecule has 118 valence electrons. The number of amides is 1. The van der Waals surface area contributed by atoms with Crippen molar-refractivity contribution in [3.8, 4) is 0 Å². The Morgan fingerprint density at radius 1 is 1.35 bits per heavy atom. The molecule has 0 saturated heterocycles. The van der Waals surface area contributed by atoms with Crippen molar-refractivity contribution >= 4 is 62.2 Å². The number of benzene rings is 1. The van der Waals surface area contributed by atoms with E-state index in [0.29, 0.717) is 15.6 Å². The highest BCUT2D eigenvalue weighted by Crippen LogP contribution is 2.37. The van der Waals surface area contributed by atoms with E-state index in [1.54, 1.807) is 18.2 Å². The Kier molecular flexibility index (Phi) is 4.25. The highest BCUT2D eigenvalue weighted by Gasteiger charge is 2.18. The third kappa shape index (κ3) is 2.90. The average molecular weight is 370 g/mol. The molecule has 0 saturated carbocycles. The van der Waals surface area contributed by atoms with Gasteiger partial charge in [-0.15, -0.1) is 11.3 Å². The Morgan fingerprint density at radius 3 is 2.78 bits per heavy atom. The number of thiophene rings is 1. The summed E-state index contributed by atoms with van der Waals surface area (Å²) in [6.45, 7) is 0. The molecule has 0 unspecified atom stereocenters. The van der Waals surface area contributed by atoms with Crippen LogP contribution in [0.15, 0.2) is 24.4 Å². The van der Waals surface area contributed by atoms with Gasteiger partial charge in [0.05, 0.1) is 23.4 Å².